The normalized spacial score (nSPS) is 12.0. The van der Waals surface area contributed by atoms with Crippen molar-refractivity contribution < 1.29 is 0 Å². The molecule has 24 heavy (non-hydrogen) atoms. The summed E-state index contributed by atoms with van der Waals surface area (Å²) in [5.74, 6) is 0. The molecule has 0 bridgehead atoms. The van der Waals surface area contributed by atoms with Crippen molar-refractivity contribution in [2.75, 3.05) is 0 Å². The van der Waals surface area contributed by atoms with Crippen LogP contribution in [-0.2, 0) is 6.42 Å². The number of nitrogens with zero attached hydrogens (tertiary/aromatic N) is 4. The smallest absolute Gasteiger partial charge is 0.0961 e. The highest BCUT2D eigenvalue weighted by atomic mass is 15.1. The minimum absolute atomic E-state index is 0.247. The Morgan fingerprint density at radius 2 is 1.92 bits per heavy atom. The third kappa shape index (κ3) is 3.59. The van der Waals surface area contributed by atoms with Gasteiger partial charge >= 0.3 is 0 Å². The highest BCUT2D eigenvalue weighted by Gasteiger charge is 2.16. The van der Waals surface area contributed by atoms with E-state index in [-0.39, 0.29) is 6.04 Å². The predicted molar refractivity (Wildman–Crippen MR) is 97.4 cm³/mol. The van der Waals surface area contributed by atoms with Crippen LogP contribution in [0.3, 0.4) is 0 Å². The van der Waals surface area contributed by atoms with E-state index in [1.54, 1.807) is 12.4 Å². The lowest BCUT2D eigenvalue weighted by Crippen LogP contribution is -2.10. The van der Waals surface area contributed by atoms with E-state index < -0.39 is 0 Å². The Hall–Kier alpha value is -2.75. The van der Waals surface area contributed by atoms with Crippen molar-refractivity contribution in [3.8, 4) is 11.3 Å². The zero-order valence-corrected chi connectivity index (χ0v) is 14.3. The van der Waals surface area contributed by atoms with Crippen molar-refractivity contribution >= 4 is 6.08 Å². The lowest BCUT2D eigenvalue weighted by Gasteiger charge is -2.16. The van der Waals surface area contributed by atoms with E-state index in [1.165, 1.54) is 5.57 Å². The molecule has 122 valence electrons. The molecule has 0 amide bonds. The largest absolute Gasteiger partial charge is 0.327 e. The molecular weight excluding hydrogens is 296 g/mol. The summed E-state index contributed by atoms with van der Waals surface area (Å²) in [5, 5.41) is 0. The van der Waals surface area contributed by atoms with Gasteiger partial charge in [-0.1, -0.05) is 35.9 Å². The summed E-state index contributed by atoms with van der Waals surface area (Å²) in [6, 6.07) is 10.6. The van der Waals surface area contributed by atoms with Gasteiger partial charge in [0.25, 0.3) is 0 Å². The van der Waals surface area contributed by atoms with Crippen LogP contribution in [-0.4, -0.2) is 19.5 Å². The van der Waals surface area contributed by atoms with Crippen molar-refractivity contribution in [3.63, 3.8) is 0 Å². The van der Waals surface area contributed by atoms with Crippen LogP contribution in [0, 0.1) is 0 Å². The summed E-state index contributed by atoms with van der Waals surface area (Å²) in [7, 11) is 0. The molecule has 0 aliphatic heterocycles. The van der Waals surface area contributed by atoms with Crippen LogP contribution >= 0.6 is 0 Å². The van der Waals surface area contributed by atoms with Crippen molar-refractivity contribution in [1.29, 1.82) is 0 Å². The van der Waals surface area contributed by atoms with Crippen LogP contribution in [0.5, 0.6) is 0 Å². The Morgan fingerprint density at radius 1 is 1.12 bits per heavy atom. The Bertz CT molecular complexity index is 815. The molecule has 1 aromatic carbocycles. The monoisotopic (exact) mass is 318 g/mol. The second-order valence-electron chi connectivity index (χ2n) is 6.22. The first-order chi connectivity index (χ1) is 11.6. The minimum atomic E-state index is 0.247. The van der Waals surface area contributed by atoms with Crippen LogP contribution in [0.15, 0.2) is 60.8 Å². The van der Waals surface area contributed by atoms with Crippen molar-refractivity contribution in [1.82, 2.24) is 19.5 Å². The Kier molecular flexibility index (Phi) is 4.85. The zero-order chi connectivity index (χ0) is 16.9. The number of hydrogen-bond acceptors (Lipinski definition) is 3. The Morgan fingerprint density at radius 3 is 2.58 bits per heavy atom. The second-order valence-corrected chi connectivity index (χ2v) is 6.22. The molecule has 0 aliphatic carbocycles. The second kappa shape index (κ2) is 7.21. The fraction of sp³-hybridized carbons (Fsp3) is 0.250. The SMILES string of the molecule is CC(C)=Cc1c(-c2ccccc2)ncn1C(C)Cc1cnccn1. The standard InChI is InChI=1S/C20H22N4/c1-15(2)11-19-20(17-7-5-4-6-8-17)23-14-24(19)16(3)12-18-13-21-9-10-22-18/h4-11,13-14,16H,12H2,1-3H3. The molecule has 0 radical (unpaired) electrons. The van der Waals surface area contributed by atoms with Gasteiger partial charge in [0.15, 0.2) is 0 Å². The van der Waals surface area contributed by atoms with E-state index in [4.69, 9.17) is 0 Å². The van der Waals surface area contributed by atoms with Gasteiger partial charge in [0, 0.05) is 36.6 Å². The first-order valence-electron chi connectivity index (χ1n) is 8.17. The molecule has 1 unspecified atom stereocenters. The molecule has 0 saturated carbocycles. The van der Waals surface area contributed by atoms with Crippen LogP contribution in [0.4, 0.5) is 0 Å². The van der Waals surface area contributed by atoms with E-state index in [0.717, 1.165) is 29.1 Å². The third-order valence-corrected chi connectivity index (χ3v) is 3.90. The molecule has 0 N–H and O–H groups in total. The van der Waals surface area contributed by atoms with E-state index in [9.17, 15) is 0 Å². The fourth-order valence-corrected chi connectivity index (χ4v) is 2.79. The van der Waals surface area contributed by atoms with Gasteiger partial charge in [-0.05, 0) is 26.8 Å². The first-order valence-corrected chi connectivity index (χ1v) is 8.17. The highest BCUT2D eigenvalue weighted by Crippen LogP contribution is 2.27. The van der Waals surface area contributed by atoms with Crippen molar-refractivity contribution in [2.24, 2.45) is 0 Å². The third-order valence-electron chi connectivity index (χ3n) is 3.90. The summed E-state index contributed by atoms with van der Waals surface area (Å²) in [4.78, 5) is 13.2. The fourth-order valence-electron chi connectivity index (χ4n) is 2.79. The zero-order valence-electron chi connectivity index (χ0n) is 14.3. The van der Waals surface area contributed by atoms with Gasteiger partial charge in [0.05, 0.1) is 23.4 Å². The molecule has 1 atom stereocenters. The van der Waals surface area contributed by atoms with Gasteiger partial charge in [-0.25, -0.2) is 4.98 Å². The van der Waals surface area contributed by atoms with Crippen molar-refractivity contribution in [2.45, 2.75) is 33.2 Å². The number of benzene rings is 1. The highest BCUT2D eigenvalue weighted by molar-refractivity contribution is 5.71. The Balaban J connectivity index is 1.99. The van der Waals surface area contributed by atoms with Gasteiger partial charge in [0.1, 0.15) is 0 Å². The number of hydrogen-bond donors (Lipinski definition) is 0. The van der Waals surface area contributed by atoms with Gasteiger partial charge in [-0.3, -0.25) is 9.97 Å². The van der Waals surface area contributed by atoms with Gasteiger partial charge in [-0.15, -0.1) is 0 Å². The Labute approximate surface area is 142 Å². The van der Waals surface area contributed by atoms with Gasteiger partial charge < -0.3 is 4.57 Å². The minimum Gasteiger partial charge on any atom is -0.327 e. The molecule has 0 saturated heterocycles. The summed E-state index contributed by atoms with van der Waals surface area (Å²) in [6.07, 6.45) is 10.2. The van der Waals surface area contributed by atoms with E-state index >= 15 is 0 Å². The molecule has 2 aromatic heterocycles. The number of allylic oxidation sites excluding steroid dienone is 1. The lowest BCUT2D eigenvalue weighted by atomic mass is 10.1. The number of rotatable bonds is 5. The summed E-state index contributed by atoms with van der Waals surface area (Å²) in [6.45, 7) is 6.41. The summed E-state index contributed by atoms with van der Waals surface area (Å²) in [5.41, 5.74) is 5.53. The topological polar surface area (TPSA) is 43.6 Å². The molecule has 0 spiro atoms. The van der Waals surface area contributed by atoms with Gasteiger partial charge in [0.2, 0.25) is 0 Å². The maximum absolute atomic E-state index is 4.68. The molecule has 0 fully saturated rings. The first kappa shape index (κ1) is 16.1. The molecule has 3 aromatic rings. The molecule has 4 nitrogen and oxygen atoms in total. The molecular formula is C20H22N4. The van der Waals surface area contributed by atoms with Crippen LogP contribution < -0.4 is 0 Å². The molecule has 4 heteroatoms. The number of aromatic nitrogens is 4. The number of imidazole rings is 1. The van der Waals surface area contributed by atoms with E-state index in [2.05, 4.69) is 58.5 Å². The predicted octanol–water partition coefficient (Wildman–Crippen LogP) is 4.57. The van der Waals surface area contributed by atoms with Crippen LogP contribution in [0.25, 0.3) is 17.3 Å². The van der Waals surface area contributed by atoms with Crippen LogP contribution in [0.2, 0.25) is 0 Å². The van der Waals surface area contributed by atoms with Gasteiger partial charge in [-0.2, -0.15) is 0 Å². The summed E-state index contributed by atoms with van der Waals surface area (Å²) >= 11 is 0. The maximum atomic E-state index is 4.68. The lowest BCUT2D eigenvalue weighted by molar-refractivity contribution is 0.533. The summed E-state index contributed by atoms with van der Waals surface area (Å²) < 4.78 is 2.23. The quantitative estimate of drug-likeness (QED) is 0.692. The van der Waals surface area contributed by atoms with Crippen molar-refractivity contribution in [3.05, 3.63) is 72.2 Å². The van der Waals surface area contributed by atoms with E-state index in [0.29, 0.717) is 0 Å². The average molecular weight is 318 g/mol. The molecule has 3 rings (SSSR count). The maximum Gasteiger partial charge on any atom is 0.0961 e. The van der Waals surface area contributed by atoms with Crippen LogP contribution in [0.1, 0.15) is 38.2 Å². The average Bonchev–Trinajstić information content (AvgIpc) is 2.99. The van der Waals surface area contributed by atoms with E-state index in [1.807, 2.05) is 30.7 Å². The molecule has 0 aliphatic rings. The molecule has 2 heterocycles.